The summed E-state index contributed by atoms with van der Waals surface area (Å²) in [6.07, 6.45) is 5.45. The van der Waals surface area contributed by atoms with Crippen LogP contribution in [0, 0.1) is 12.8 Å². The quantitative estimate of drug-likeness (QED) is 0.766. The minimum atomic E-state index is 0.690. The molecule has 2 atom stereocenters. The Morgan fingerprint density at radius 3 is 2.87 bits per heavy atom. The molecule has 0 spiro atoms. The van der Waals surface area contributed by atoms with E-state index in [-0.39, 0.29) is 0 Å². The van der Waals surface area contributed by atoms with E-state index in [1.54, 1.807) is 0 Å². The van der Waals surface area contributed by atoms with E-state index in [9.17, 15) is 0 Å². The normalized spacial score (nSPS) is 26.3. The van der Waals surface area contributed by atoms with E-state index in [1.807, 2.05) is 0 Å². The third kappa shape index (κ3) is 2.98. The average Bonchev–Trinajstić information content (AvgIpc) is 2.17. The Kier molecular flexibility index (Phi) is 3.30. The van der Waals surface area contributed by atoms with E-state index in [1.165, 1.54) is 36.9 Å². The Labute approximate surface area is 92.9 Å². The molecule has 0 saturated heterocycles. The SMILES string of the molecule is Cc1cccc(N[C@@H]2CCC[C@H](C)C2)c1. The lowest BCUT2D eigenvalue weighted by Gasteiger charge is -2.28. The highest BCUT2D eigenvalue weighted by atomic mass is 14.9. The molecule has 0 unspecified atom stereocenters. The lowest BCUT2D eigenvalue weighted by molar-refractivity contribution is 0.358. The lowest BCUT2D eigenvalue weighted by Crippen LogP contribution is -2.26. The van der Waals surface area contributed by atoms with Gasteiger partial charge in [-0.1, -0.05) is 31.9 Å². The van der Waals surface area contributed by atoms with Gasteiger partial charge < -0.3 is 5.32 Å². The van der Waals surface area contributed by atoms with Crippen LogP contribution in [0.15, 0.2) is 24.3 Å². The molecule has 15 heavy (non-hydrogen) atoms. The van der Waals surface area contributed by atoms with Gasteiger partial charge in [0.1, 0.15) is 0 Å². The zero-order chi connectivity index (χ0) is 10.7. The number of hydrogen-bond donors (Lipinski definition) is 1. The molecule has 1 aliphatic rings. The molecular formula is C14H21N. The van der Waals surface area contributed by atoms with Gasteiger partial charge >= 0.3 is 0 Å². The molecule has 1 saturated carbocycles. The first-order valence-corrected chi connectivity index (χ1v) is 6.07. The number of benzene rings is 1. The molecule has 1 aromatic rings. The van der Waals surface area contributed by atoms with Crippen molar-refractivity contribution in [3.63, 3.8) is 0 Å². The van der Waals surface area contributed by atoms with Crippen molar-refractivity contribution in [1.82, 2.24) is 0 Å². The van der Waals surface area contributed by atoms with Gasteiger partial charge in [-0.3, -0.25) is 0 Å². The first-order valence-electron chi connectivity index (χ1n) is 6.07. The first-order chi connectivity index (χ1) is 7.24. The van der Waals surface area contributed by atoms with Crippen LogP contribution < -0.4 is 5.32 Å². The summed E-state index contributed by atoms with van der Waals surface area (Å²) in [7, 11) is 0. The molecule has 1 aliphatic carbocycles. The molecule has 1 heteroatoms. The molecular weight excluding hydrogens is 182 g/mol. The zero-order valence-electron chi connectivity index (χ0n) is 9.79. The molecule has 0 heterocycles. The Morgan fingerprint density at radius 1 is 1.27 bits per heavy atom. The fourth-order valence-electron chi connectivity index (χ4n) is 2.54. The topological polar surface area (TPSA) is 12.0 Å². The lowest BCUT2D eigenvalue weighted by atomic mass is 9.87. The fraction of sp³-hybridized carbons (Fsp3) is 0.571. The maximum Gasteiger partial charge on any atom is 0.0344 e. The van der Waals surface area contributed by atoms with Gasteiger partial charge in [0.25, 0.3) is 0 Å². The summed E-state index contributed by atoms with van der Waals surface area (Å²) in [6.45, 7) is 4.51. The highest BCUT2D eigenvalue weighted by molar-refractivity contribution is 5.46. The number of hydrogen-bond acceptors (Lipinski definition) is 1. The number of anilines is 1. The molecule has 2 rings (SSSR count). The Bertz CT molecular complexity index is 319. The number of rotatable bonds is 2. The van der Waals surface area contributed by atoms with Crippen molar-refractivity contribution in [2.45, 2.75) is 45.6 Å². The molecule has 1 nitrogen and oxygen atoms in total. The predicted octanol–water partition coefficient (Wildman–Crippen LogP) is 3.99. The van der Waals surface area contributed by atoms with Gasteiger partial charge in [0, 0.05) is 11.7 Å². The van der Waals surface area contributed by atoms with Gasteiger partial charge in [0.15, 0.2) is 0 Å². The maximum absolute atomic E-state index is 3.65. The fourth-order valence-corrected chi connectivity index (χ4v) is 2.54. The second-order valence-electron chi connectivity index (χ2n) is 4.98. The summed E-state index contributed by atoms with van der Waals surface area (Å²) in [5.41, 5.74) is 2.62. The Hall–Kier alpha value is -0.980. The van der Waals surface area contributed by atoms with Gasteiger partial charge in [-0.15, -0.1) is 0 Å². The zero-order valence-corrected chi connectivity index (χ0v) is 9.79. The van der Waals surface area contributed by atoms with Gasteiger partial charge in [-0.2, -0.15) is 0 Å². The number of aryl methyl sites for hydroxylation is 1. The first kappa shape index (κ1) is 10.5. The molecule has 1 N–H and O–H groups in total. The monoisotopic (exact) mass is 203 g/mol. The average molecular weight is 203 g/mol. The molecule has 0 aliphatic heterocycles. The van der Waals surface area contributed by atoms with E-state index in [2.05, 4.69) is 43.4 Å². The van der Waals surface area contributed by atoms with Gasteiger partial charge in [0.05, 0.1) is 0 Å². The molecule has 1 fully saturated rings. The summed E-state index contributed by atoms with van der Waals surface area (Å²) < 4.78 is 0. The van der Waals surface area contributed by atoms with E-state index in [4.69, 9.17) is 0 Å². The molecule has 0 aromatic heterocycles. The van der Waals surface area contributed by atoms with Crippen molar-refractivity contribution in [2.75, 3.05) is 5.32 Å². The largest absolute Gasteiger partial charge is 0.382 e. The maximum atomic E-state index is 3.65. The minimum absolute atomic E-state index is 0.690. The molecule has 1 aromatic carbocycles. The van der Waals surface area contributed by atoms with Crippen molar-refractivity contribution in [2.24, 2.45) is 5.92 Å². The van der Waals surface area contributed by atoms with Crippen LogP contribution in [0.5, 0.6) is 0 Å². The second-order valence-corrected chi connectivity index (χ2v) is 4.98. The standard InChI is InChI=1S/C14H21N/c1-11-5-3-7-13(9-11)15-14-8-4-6-12(2)10-14/h3,5,7,9,12,14-15H,4,6,8,10H2,1-2H3/t12-,14+/m0/s1. The van der Waals surface area contributed by atoms with Crippen LogP contribution >= 0.6 is 0 Å². The third-order valence-corrected chi connectivity index (χ3v) is 3.33. The van der Waals surface area contributed by atoms with E-state index >= 15 is 0 Å². The summed E-state index contributed by atoms with van der Waals surface area (Å²) >= 11 is 0. The molecule has 0 bridgehead atoms. The van der Waals surface area contributed by atoms with E-state index in [0.29, 0.717) is 6.04 Å². The van der Waals surface area contributed by atoms with Crippen LogP contribution in [-0.4, -0.2) is 6.04 Å². The van der Waals surface area contributed by atoms with Gasteiger partial charge in [-0.05, 0) is 43.4 Å². The van der Waals surface area contributed by atoms with Crippen LogP contribution in [0.1, 0.15) is 38.2 Å². The third-order valence-electron chi connectivity index (χ3n) is 3.33. The highest BCUT2D eigenvalue weighted by Gasteiger charge is 2.18. The van der Waals surface area contributed by atoms with Crippen molar-refractivity contribution < 1.29 is 0 Å². The van der Waals surface area contributed by atoms with Crippen LogP contribution in [0.4, 0.5) is 5.69 Å². The van der Waals surface area contributed by atoms with Crippen LogP contribution in [0.2, 0.25) is 0 Å². The summed E-state index contributed by atoms with van der Waals surface area (Å²) in [5, 5.41) is 3.65. The molecule has 0 amide bonds. The minimum Gasteiger partial charge on any atom is -0.382 e. The van der Waals surface area contributed by atoms with Crippen LogP contribution in [-0.2, 0) is 0 Å². The van der Waals surface area contributed by atoms with Crippen LogP contribution in [0.25, 0.3) is 0 Å². The summed E-state index contributed by atoms with van der Waals surface area (Å²) in [5.74, 6) is 0.890. The van der Waals surface area contributed by atoms with E-state index < -0.39 is 0 Å². The predicted molar refractivity (Wildman–Crippen MR) is 66.2 cm³/mol. The number of nitrogens with one attached hydrogen (secondary N) is 1. The second kappa shape index (κ2) is 4.69. The Morgan fingerprint density at radius 2 is 2.13 bits per heavy atom. The van der Waals surface area contributed by atoms with Gasteiger partial charge in [0.2, 0.25) is 0 Å². The van der Waals surface area contributed by atoms with Crippen molar-refractivity contribution in [3.8, 4) is 0 Å². The van der Waals surface area contributed by atoms with E-state index in [0.717, 1.165) is 5.92 Å². The Balaban J connectivity index is 1.96. The molecule has 82 valence electrons. The van der Waals surface area contributed by atoms with Crippen molar-refractivity contribution >= 4 is 5.69 Å². The summed E-state index contributed by atoms with van der Waals surface area (Å²) in [4.78, 5) is 0. The highest BCUT2D eigenvalue weighted by Crippen LogP contribution is 2.26. The molecule has 0 radical (unpaired) electrons. The summed E-state index contributed by atoms with van der Waals surface area (Å²) in [6, 6.07) is 9.37. The van der Waals surface area contributed by atoms with Crippen LogP contribution in [0.3, 0.4) is 0 Å². The smallest absolute Gasteiger partial charge is 0.0344 e. The van der Waals surface area contributed by atoms with Crippen molar-refractivity contribution in [1.29, 1.82) is 0 Å². The van der Waals surface area contributed by atoms with Gasteiger partial charge in [-0.25, -0.2) is 0 Å². The van der Waals surface area contributed by atoms with Crippen molar-refractivity contribution in [3.05, 3.63) is 29.8 Å².